The Balaban J connectivity index is 2.16. The fraction of sp³-hybridized carbons (Fsp3) is 0.133. The Kier molecular flexibility index (Phi) is 4.25. The minimum atomic E-state index is -0.880. The van der Waals surface area contributed by atoms with E-state index in [4.69, 9.17) is 16.7 Å². The average molecular weight is 294 g/mol. The zero-order valence-electron chi connectivity index (χ0n) is 10.7. The average Bonchev–Trinajstić information content (AvgIpc) is 2.42. The van der Waals surface area contributed by atoms with Gasteiger partial charge in [0.2, 0.25) is 0 Å². The Morgan fingerprint density at radius 1 is 1.25 bits per heavy atom. The number of hydrogen-bond acceptors (Lipinski definition) is 2. The Labute approximate surface area is 121 Å². The Bertz CT molecular complexity index is 628. The van der Waals surface area contributed by atoms with Crippen LogP contribution in [0.1, 0.15) is 18.4 Å². The SMILES string of the molecule is CC(C(=O)O)c1ccc(Nc2ccc(Cl)cc2F)cc1. The van der Waals surface area contributed by atoms with Crippen LogP contribution in [0.5, 0.6) is 0 Å². The molecular formula is C15H13ClFNO2. The smallest absolute Gasteiger partial charge is 0.310 e. The zero-order valence-corrected chi connectivity index (χ0v) is 11.5. The highest BCUT2D eigenvalue weighted by atomic mass is 35.5. The molecule has 20 heavy (non-hydrogen) atoms. The second kappa shape index (κ2) is 5.92. The molecule has 3 nitrogen and oxygen atoms in total. The van der Waals surface area contributed by atoms with Crippen LogP contribution in [0.2, 0.25) is 5.02 Å². The second-order valence-corrected chi connectivity index (χ2v) is 4.87. The largest absolute Gasteiger partial charge is 0.481 e. The van der Waals surface area contributed by atoms with Crippen molar-refractivity contribution >= 4 is 28.9 Å². The summed E-state index contributed by atoms with van der Waals surface area (Å²) in [5.41, 5.74) is 1.68. The maximum atomic E-state index is 13.6. The third kappa shape index (κ3) is 3.27. The maximum absolute atomic E-state index is 13.6. The molecule has 0 radical (unpaired) electrons. The maximum Gasteiger partial charge on any atom is 0.310 e. The van der Waals surface area contributed by atoms with Crippen molar-refractivity contribution in [2.24, 2.45) is 0 Å². The van der Waals surface area contributed by atoms with E-state index < -0.39 is 17.7 Å². The molecule has 2 aromatic rings. The van der Waals surface area contributed by atoms with Crippen LogP contribution in [0.15, 0.2) is 42.5 Å². The second-order valence-electron chi connectivity index (χ2n) is 4.43. The molecule has 1 atom stereocenters. The molecule has 0 aromatic heterocycles. The highest BCUT2D eigenvalue weighted by Gasteiger charge is 2.13. The van der Waals surface area contributed by atoms with Crippen LogP contribution in [0.4, 0.5) is 15.8 Å². The normalized spacial score (nSPS) is 11.9. The lowest BCUT2D eigenvalue weighted by atomic mass is 10.0. The summed E-state index contributed by atoms with van der Waals surface area (Å²) in [4.78, 5) is 10.9. The summed E-state index contributed by atoms with van der Waals surface area (Å²) in [7, 11) is 0. The molecule has 0 amide bonds. The van der Waals surface area contributed by atoms with E-state index in [-0.39, 0.29) is 0 Å². The van der Waals surface area contributed by atoms with E-state index in [0.29, 0.717) is 22.0 Å². The number of aliphatic carboxylic acids is 1. The molecule has 0 aliphatic carbocycles. The molecule has 2 aromatic carbocycles. The lowest BCUT2D eigenvalue weighted by Crippen LogP contribution is -2.07. The third-order valence-corrected chi connectivity index (χ3v) is 3.23. The predicted molar refractivity (Wildman–Crippen MR) is 77.2 cm³/mol. The molecule has 0 spiro atoms. The van der Waals surface area contributed by atoms with Gasteiger partial charge in [-0.3, -0.25) is 4.79 Å². The van der Waals surface area contributed by atoms with Gasteiger partial charge in [0.1, 0.15) is 5.82 Å². The number of halogens is 2. The Hall–Kier alpha value is -2.07. The van der Waals surface area contributed by atoms with Gasteiger partial charge < -0.3 is 10.4 Å². The molecule has 0 bridgehead atoms. The van der Waals surface area contributed by atoms with Gasteiger partial charge in [-0.2, -0.15) is 0 Å². The van der Waals surface area contributed by atoms with Crippen LogP contribution in [0.3, 0.4) is 0 Å². The van der Waals surface area contributed by atoms with Crippen molar-refractivity contribution in [2.45, 2.75) is 12.8 Å². The van der Waals surface area contributed by atoms with Gasteiger partial charge in [-0.1, -0.05) is 23.7 Å². The Morgan fingerprint density at radius 3 is 2.45 bits per heavy atom. The predicted octanol–water partition coefficient (Wildman–Crippen LogP) is 4.41. The fourth-order valence-electron chi connectivity index (χ4n) is 1.74. The minimum absolute atomic E-state index is 0.313. The van der Waals surface area contributed by atoms with E-state index >= 15 is 0 Å². The number of nitrogens with one attached hydrogen (secondary N) is 1. The third-order valence-electron chi connectivity index (χ3n) is 2.99. The van der Waals surface area contributed by atoms with Crippen LogP contribution < -0.4 is 5.32 Å². The number of carboxylic acids is 1. The van der Waals surface area contributed by atoms with Gasteiger partial charge in [0.05, 0.1) is 11.6 Å². The molecule has 0 aliphatic heterocycles. The minimum Gasteiger partial charge on any atom is -0.481 e. The fourth-order valence-corrected chi connectivity index (χ4v) is 1.90. The molecule has 2 N–H and O–H groups in total. The summed E-state index contributed by atoms with van der Waals surface area (Å²) in [6, 6.07) is 11.2. The molecule has 0 saturated heterocycles. The van der Waals surface area contributed by atoms with Gasteiger partial charge in [0.25, 0.3) is 0 Å². The van der Waals surface area contributed by atoms with Crippen molar-refractivity contribution in [3.8, 4) is 0 Å². The summed E-state index contributed by atoms with van der Waals surface area (Å²) in [6.45, 7) is 1.61. The van der Waals surface area contributed by atoms with Crippen molar-refractivity contribution in [1.82, 2.24) is 0 Å². The van der Waals surface area contributed by atoms with Gasteiger partial charge >= 0.3 is 5.97 Å². The molecule has 0 saturated carbocycles. The van der Waals surface area contributed by atoms with E-state index in [0.717, 1.165) is 0 Å². The van der Waals surface area contributed by atoms with Crippen LogP contribution in [-0.2, 0) is 4.79 Å². The first kappa shape index (κ1) is 14.3. The molecular weight excluding hydrogens is 281 g/mol. The van der Waals surface area contributed by atoms with Crippen LogP contribution >= 0.6 is 11.6 Å². The number of anilines is 2. The van der Waals surface area contributed by atoms with Crippen LogP contribution in [0.25, 0.3) is 0 Å². The summed E-state index contributed by atoms with van der Waals surface area (Å²) >= 11 is 5.68. The summed E-state index contributed by atoms with van der Waals surface area (Å²) < 4.78 is 13.6. The number of rotatable bonds is 4. The van der Waals surface area contributed by atoms with Crippen molar-refractivity contribution in [3.63, 3.8) is 0 Å². The van der Waals surface area contributed by atoms with Crippen molar-refractivity contribution in [1.29, 1.82) is 0 Å². The van der Waals surface area contributed by atoms with Crippen LogP contribution in [0, 0.1) is 5.82 Å². The van der Waals surface area contributed by atoms with Crippen molar-refractivity contribution < 1.29 is 14.3 Å². The number of carbonyl (C=O) groups is 1. The van der Waals surface area contributed by atoms with Gasteiger partial charge in [-0.15, -0.1) is 0 Å². The van der Waals surface area contributed by atoms with E-state index in [1.165, 1.54) is 6.07 Å². The first-order valence-electron chi connectivity index (χ1n) is 6.02. The number of benzene rings is 2. The van der Waals surface area contributed by atoms with E-state index in [9.17, 15) is 9.18 Å². The monoisotopic (exact) mass is 293 g/mol. The van der Waals surface area contributed by atoms with Gasteiger partial charge in [0, 0.05) is 10.7 Å². The number of hydrogen-bond donors (Lipinski definition) is 2. The summed E-state index contributed by atoms with van der Waals surface area (Å²) in [5.74, 6) is -1.90. The molecule has 104 valence electrons. The lowest BCUT2D eigenvalue weighted by molar-refractivity contribution is -0.138. The Morgan fingerprint density at radius 2 is 1.90 bits per heavy atom. The first-order chi connectivity index (χ1) is 9.47. The van der Waals surface area contributed by atoms with Crippen LogP contribution in [-0.4, -0.2) is 11.1 Å². The first-order valence-corrected chi connectivity index (χ1v) is 6.40. The van der Waals surface area contributed by atoms with E-state index in [1.54, 1.807) is 43.3 Å². The highest BCUT2D eigenvalue weighted by Crippen LogP contribution is 2.24. The highest BCUT2D eigenvalue weighted by molar-refractivity contribution is 6.30. The van der Waals surface area contributed by atoms with Crippen molar-refractivity contribution in [3.05, 3.63) is 58.9 Å². The molecule has 2 rings (SSSR count). The van der Waals surface area contributed by atoms with Gasteiger partial charge in [-0.25, -0.2) is 4.39 Å². The standard InChI is InChI=1S/C15H13ClFNO2/c1-9(15(19)20)10-2-5-12(6-3-10)18-14-7-4-11(16)8-13(14)17/h2-9,18H,1H3,(H,19,20). The lowest BCUT2D eigenvalue weighted by Gasteiger charge is -2.10. The molecule has 0 aliphatic rings. The summed E-state index contributed by atoms with van der Waals surface area (Å²) in [6.07, 6.45) is 0. The van der Waals surface area contributed by atoms with E-state index in [1.807, 2.05) is 0 Å². The van der Waals surface area contributed by atoms with E-state index in [2.05, 4.69) is 5.32 Å². The quantitative estimate of drug-likeness (QED) is 0.878. The van der Waals surface area contributed by atoms with Gasteiger partial charge in [-0.05, 0) is 42.8 Å². The molecule has 1 unspecified atom stereocenters. The molecule has 0 fully saturated rings. The van der Waals surface area contributed by atoms with Crippen molar-refractivity contribution in [2.75, 3.05) is 5.32 Å². The molecule has 5 heteroatoms. The topological polar surface area (TPSA) is 49.3 Å². The number of carboxylic acid groups (broad SMARTS) is 1. The zero-order chi connectivity index (χ0) is 14.7. The van der Waals surface area contributed by atoms with Gasteiger partial charge in [0.15, 0.2) is 0 Å². The summed E-state index contributed by atoms with van der Waals surface area (Å²) in [5, 5.41) is 12.2. The molecule has 0 heterocycles.